The number of aliphatic carboxylic acids is 1. The van der Waals surface area contributed by atoms with Crippen LogP contribution >= 0.6 is 0 Å². The summed E-state index contributed by atoms with van der Waals surface area (Å²) in [7, 11) is 1.62. The van der Waals surface area contributed by atoms with Gasteiger partial charge in [0.2, 0.25) is 0 Å². The number of methoxy groups -OCH3 is 1. The normalized spacial score (nSPS) is 12.1. The second-order valence-electron chi connectivity index (χ2n) is 3.45. The Morgan fingerprint density at radius 3 is 2.50 bits per heavy atom. The molecule has 1 aromatic rings. The lowest BCUT2D eigenvalue weighted by atomic mass is 10.1. The largest absolute Gasteiger partial charge is 0.497 e. The molecule has 16 heavy (non-hydrogen) atoms. The summed E-state index contributed by atoms with van der Waals surface area (Å²) in [6.45, 7) is 1.93. The van der Waals surface area contributed by atoms with Crippen LogP contribution in [0.3, 0.4) is 0 Å². The van der Waals surface area contributed by atoms with Crippen molar-refractivity contribution >= 4 is 5.97 Å². The summed E-state index contributed by atoms with van der Waals surface area (Å²) in [4.78, 5) is 10.5. The third-order valence-corrected chi connectivity index (χ3v) is 2.27. The zero-order valence-corrected chi connectivity index (χ0v) is 9.47. The van der Waals surface area contributed by atoms with E-state index >= 15 is 0 Å². The summed E-state index contributed by atoms with van der Waals surface area (Å²) in [5.74, 6) is -0.127. The minimum atomic E-state index is -0.935. The Kier molecular flexibility index (Phi) is 4.79. The van der Waals surface area contributed by atoms with E-state index in [4.69, 9.17) is 14.6 Å². The van der Waals surface area contributed by atoms with Gasteiger partial charge in [-0.25, -0.2) is 4.79 Å². The first-order valence-electron chi connectivity index (χ1n) is 5.11. The van der Waals surface area contributed by atoms with Gasteiger partial charge in [-0.15, -0.1) is 0 Å². The van der Waals surface area contributed by atoms with Gasteiger partial charge in [0.15, 0.2) is 6.10 Å². The predicted octanol–water partition coefficient (Wildman–Crippen LogP) is 1.73. The van der Waals surface area contributed by atoms with E-state index in [9.17, 15) is 4.79 Å². The van der Waals surface area contributed by atoms with Gasteiger partial charge in [-0.05, 0) is 31.0 Å². The smallest absolute Gasteiger partial charge is 0.332 e. The quantitative estimate of drug-likeness (QED) is 0.799. The first-order valence-corrected chi connectivity index (χ1v) is 5.11. The van der Waals surface area contributed by atoms with Crippen LogP contribution in [0, 0.1) is 0 Å². The van der Waals surface area contributed by atoms with Gasteiger partial charge < -0.3 is 14.6 Å². The molecule has 0 aliphatic carbocycles. The van der Waals surface area contributed by atoms with Crippen molar-refractivity contribution in [1.29, 1.82) is 0 Å². The zero-order valence-electron chi connectivity index (χ0n) is 9.47. The average Bonchev–Trinajstić information content (AvgIpc) is 2.29. The van der Waals surface area contributed by atoms with Crippen LogP contribution in [-0.4, -0.2) is 30.9 Å². The van der Waals surface area contributed by atoms with E-state index in [0.29, 0.717) is 13.0 Å². The number of carboxylic acids is 1. The van der Waals surface area contributed by atoms with Crippen LogP contribution in [-0.2, 0) is 16.0 Å². The first kappa shape index (κ1) is 12.5. The third kappa shape index (κ3) is 3.90. The van der Waals surface area contributed by atoms with E-state index in [1.165, 1.54) is 6.92 Å². The van der Waals surface area contributed by atoms with Crippen molar-refractivity contribution in [1.82, 2.24) is 0 Å². The van der Waals surface area contributed by atoms with Crippen molar-refractivity contribution in [2.45, 2.75) is 19.4 Å². The van der Waals surface area contributed by atoms with Gasteiger partial charge in [0.1, 0.15) is 5.75 Å². The molecule has 0 aliphatic rings. The Bertz CT molecular complexity index is 331. The van der Waals surface area contributed by atoms with E-state index in [0.717, 1.165) is 11.3 Å². The molecular weight excluding hydrogens is 208 g/mol. The number of rotatable bonds is 6. The van der Waals surface area contributed by atoms with E-state index in [-0.39, 0.29) is 0 Å². The van der Waals surface area contributed by atoms with E-state index in [2.05, 4.69) is 0 Å². The van der Waals surface area contributed by atoms with Gasteiger partial charge in [-0.1, -0.05) is 12.1 Å². The van der Waals surface area contributed by atoms with E-state index < -0.39 is 12.1 Å². The number of carbonyl (C=O) groups is 1. The maximum atomic E-state index is 10.5. The molecule has 1 rings (SSSR count). The Morgan fingerprint density at radius 1 is 1.38 bits per heavy atom. The minimum absolute atomic E-state index is 0.403. The van der Waals surface area contributed by atoms with Crippen molar-refractivity contribution < 1.29 is 19.4 Å². The SMILES string of the molecule is COc1ccc(CCOC(C)C(=O)O)cc1. The van der Waals surface area contributed by atoms with Crippen molar-refractivity contribution in [3.8, 4) is 5.75 Å². The number of benzene rings is 1. The molecule has 4 nitrogen and oxygen atoms in total. The van der Waals surface area contributed by atoms with Crippen LogP contribution in [0.4, 0.5) is 0 Å². The maximum absolute atomic E-state index is 10.5. The molecule has 1 aromatic carbocycles. The lowest BCUT2D eigenvalue weighted by molar-refractivity contribution is -0.149. The second-order valence-corrected chi connectivity index (χ2v) is 3.45. The molecule has 1 atom stereocenters. The zero-order chi connectivity index (χ0) is 12.0. The van der Waals surface area contributed by atoms with Crippen LogP contribution in [0.2, 0.25) is 0 Å². The number of hydrogen-bond acceptors (Lipinski definition) is 3. The van der Waals surface area contributed by atoms with E-state index in [1.807, 2.05) is 24.3 Å². The minimum Gasteiger partial charge on any atom is -0.497 e. The molecule has 0 aromatic heterocycles. The highest BCUT2D eigenvalue weighted by Gasteiger charge is 2.09. The van der Waals surface area contributed by atoms with Crippen LogP contribution < -0.4 is 4.74 Å². The molecule has 0 bridgehead atoms. The van der Waals surface area contributed by atoms with Crippen molar-refractivity contribution in [2.75, 3.05) is 13.7 Å². The summed E-state index contributed by atoms with van der Waals surface area (Å²) in [5, 5.41) is 8.61. The highest BCUT2D eigenvalue weighted by Crippen LogP contribution is 2.11. The highest BCUT2D eigenvalue weighted by atomic mass is 16.5. The lowest BCUT2D eigenvalue weighted by Crippen LogP contribution is -2.20. The topological polar surface area (TPSA) is 55.8 Å². The van der Waals surface area contributed by atoms with Crippen LogP contribution in [0.1, 0.15) is 12.5 Å². The second kappa shape index (κ2) is 6.12. The lowest BCUT2D eigenvalue weighted by Gasteiger charge is -2.08. The van der Waals surface area contributed by atoms with Crippen molar-refractivity contribution in [3.63, 3.8) is 0 Å². The monoisotopic (exact) mass is 224 g/mol. The van der Waals surface area contributed by atoms with Gasteiger partial charge in [-0.3, -0.25) is 0 Å². The van der Waals surface area contributed by atoms with Gasteiger partial charge in [0.05, 0.1) is 13.7 Å². The molecule has 0 aliphatic heterocycles. The average molecular weight is 224 g/mol. The summed E-state index contributed by atoms with van der Waals surface area (Å²) in [6.07, 6.45) is -0.0556. The molecule has 4 heteroatoms. The maximum Gasteiger partial charge on any atom is 0.332 e. The standard InChI is InChI=1S/C12H16O4/c1-9(12(13)14)16-8-7-10-3-5-11(15-2)6-4-10/h3-6,9H,7-8H2,1-2H3,(H,13,14). The Morgan fingerprint density at radius 2 is 2.00 bits per heavy atom. The predicted molar refractivity (Wildman–Crippen MR) is 59.7 cm³/mol. The van der Waals surface area contributed by atoms with Crippen molar-refractivity contribution in [2.24, 2.45) is 0 Å². The molecule has 0 fully saturated rings. The van der Waals surface area contributed by atoms with Gasteiger partial charge in [-0.2, -0.15) is 0 Å². The Labute approximate surface area is 94.8 Å². The fourth-order valence-corrected chi connectivity index (χ4v) is 1.22. The Balaban J connectivity index is 2.34. The fourth-order valence-electron chi connectivity index (χ4n) is 1.22. The molecule has 0 radical (unpaired) electrons. The highest BCUT2D eigenvalue weighted by molar-refractivity contribution is 5.71. The molecule has 1 unspecified atom stereocenters. The fraction of sp³-hybridized carbons (Fsp3) is 0.417. The summed E-state index contributed by atoms with van der Waals surface area (Å²) in [6, 6.07) is 7.62. The molecular formula is C12H16O4. The molecule has 88 valence electrons. The summed E-state index contributed by atoms with van der Waals surface area (Å²) < 4.78 is 10.2. The summed E-state index contributed by atoms with van der Waals surface area (Å²) >= 11 is 0. The molecule has 0 spiro atoms. The first-order chi connectivity index (χ1) is 7.63. The van der Waals surface area contributed by atoms with Crippen molar-refractivity contribution in [3.05, 3.63) is 29.8 Å². The number of ether oxygens (including phenoxy) is 2. The van der Waals surface area contributed by atoms with E-state index in [1.54, 1.807) is 7.11 Å². The van der Waals surface area contributed by atoms with Crippen LogP contribution in [0.5, 0.6) is 5.75 Å². The third-order valence-electron chi connectivity index (χ3n) is 2.27. The van der Waals surface area contributed by atoms with Gasteiger partial charge >= 0.3 is 5.97 Å². The van der Waals surface area contributed by atoms with Gasteiger partial charge in [0.25, 0.3) is 0 Å². The Hall–Kier alpha value is -1.55. The van der Waals surface area contributed by atoms with Crippen LogP contribution in [0.25, 0.3) is 0 Å². The van der Waals surface area contributed by atoms with Gasteiger partial charge in [0, 0.05) is 0 Å². The number of carboxylic acid groups (broad SMARTS) is 1. The summed E-state index contributed by atoms with van der Waals surface area (Å²) in [5.41, 5.74) is 1.10. The molecule has 0 amide bonds. The molecule has 0 saturated heterocycles. The molecule has 0 heterocycles. The van der Waals surface area contributed by atoms with Crippen LogP contribution in [0.15, 0.2) is 24.3 Å². The number of hydrogen-bond donors (Lipinski definition) is 1. The molecule has 0 saturated carbocycles. The molecule has 1 N–H and O–H groups in total.